The van der Waals surface area contributed by atoms with E-state index in [0.29, 0.717) is 0 Å². The summed E-state index contributed by atoms with van der Waals surface area (Å²) < 4.78 is 5.32. The number of ether oxygens (including phenoxy) is 1. The van der Waals surface area contributed by atoms with Crippen molar-refractivity contribution in [3.8, 4) is 0 Å². The van der Waals surface area contributed by atoms with Gasteiger partial charge in [0.15, 0.2) is 0 Å². The molecule has 1 unspecified atom stereocenters. The summed E-state index contributed by atoms with van der Waals surface area (Å²) in [7, 11) is 0. The molecular formula is C16H25N3O2. The second kappa shape index (κ2) is 6.89. The molecule has 1 aromatic heterocycles. The summed E-state index contributed by atoms with van der Waals surface area (Å²) in [4.78, 5) is 18.3. The summed E-state index contributed by atoms with van der Waals surface area (Å²) in [5.74, 6) is 0. The van der Waals surface area contributed by atoms with Gasteiger partial charge in [-0.25, -0.2) is 4.79 Å². The fraction of sp³-hybridized carbons (Fsp3) is 0.625. The molecule has 116 valence electrons. The molecule has 1 amide bonds. The van der Waals surface area contributed by atoms with Crippen molar-refractivity contribution in [3.63, 3.8) is 0 Å². The predicted octanol–water partition coefficient (Wildman–Crippen LogP) is 2.57. The molecule has 0 aromatic carbocycles. The minimum absolute atomic E-state index is 0.158. The molecule has 1 aliphatic rings. The largest absolute Gasteiger partial charge is 0.444 e. The standard InChI is InChI=1S/C16H25N3O2/c1-16(2,3)21-15(20)18-14-7-5-9-19(12-14)11-13-6-4-8-17-10-13/h4,6,8,10,14H,5,7,9,11-12H2,1-3H3,(H,18,20). The molecule has 0 radical (unpaired) electrons. The Balaban J connectivity index is 1.82. The van der Waals surface area contributed by atoms with Crippen molar-refractivity contribution >= 4 is 6.09 Å². The van der Waals surface area contributed by atoms with E-state index in [2.05, 4.69) is 21.3 Å². The summed E-state index contributed by atoms with van der Waals surface area (Å²) >= 11 is 0. The van der Waals surface area contributed by atoms with Gasteiger partial charge in [0.05, 0.1) is 0 Å². The van der Waals surface area contributed by atoms with Gasteiger partial charge in [0, 0.05) is 31.5 Å². The number of rotatable bonds is 3. The quantitative estimate of drug-likeness (QED) is 0.930. The van der Waals surface area contributed by atoms with Crippen LogP contribution in [0.4, 0.5) is 4.79 Å². The third kappa shape index (κ3) is 5.71. The van der Waals surface area contributed by atoms with Gasteiger partial charge in [-0.15, -0.1) is 0 Å². The number of likely N-dealkylation sites (tertiary alicyclic amines) is 1. The van der Waals surface area contributed by atoms with Gasteiger partial charge >= 0.3 is 6.09 Å². The number of hydrogen-bond acceptors (Lipinski definition) is 4. The maximum absolute atomic E-state index is 11.8. The van der Waals surface area contributed by atoms with E-state index in [1.165, 1.54) is 5.56 Å². The van der Waals surface area contributed by atoms with Crippen LogP contribution in [0.3, 0.4) is 0 Å². The first-order valence-corrected chi connectivity index (χ1v) is 7.53. The average Bonchev–Trinajstić information content (AvgIpc) is 2.38. The monoisotopic (exact) mass is 291 g/mol. The molecule has 1 fully saturated rings. The van der Waals surface area contributed by atoms with Gasteiger partial charge in [0.2, 0.25) is 0 Å². The van der Waals surface area contributed by atoms with E-state index in [4.69, 9.17) is 4.74 Å². The number of piperidine rings is 1. The minimum Gasteiger partial charge on any atom is -0.444 e. The van der Waals surface area contributed by atoms with Crippen molar-refractivity contribution in [2.24, 2.45) is 0 Å². The molecule has 1 N–H and O–H groups in total. The van der Waals surface area contributed by atoms with Crippen LogP contribution in [0.25, 0.3) is 0 Å². The normalized spacial score (nSPS) is 20.0. The number of hydrogen-bond donors (Lipinski definition) is 1. The van der Waals surface area contributed by atoms with Crippen LogP contribution in [0.1, 0.15) is 39.2 Å². The number of aromatic nitrogens is 1. The highest BCUT2D eigenvalue weighted by atomic mass is 16.6. The van der Waals surface area contributed by atoms with Crippen LogP contribution in [0.15, 0.2) is 24.5 Å². The molecule has 1 saturated heterocycles. The van der Waals surface area contributed by atoms with Crippen LogP contribution in [0.5, 0.6) is 0 Å². The number of nitrogens with one attached hydrogen (secondary N) is 1. The summed E-state index contributed by atoms with van der Waals surface area (Å²) in [6.07, 6.45) is 5.44. The molecule has 5 heteroatoms. The van der Waals surface area contributed by atoms with Crippen LogP contribution in [-0.4, -0.2) is 40.7 Å². The van der Waals surface area contributed by atoms with Crippen LogP contribution in [0.2, 0.25) is 0 Å². The number of pyridine rings is 1. The molecule has 1 atom stereocenters. The van der Waals surface area contributed by atoms with Gasteiger partial charge in [-0.1, -0.05) is 6.07 Å². The molecule has 1 aromatic rings. The Morgan fingerprint density at radius 2 is 2.33 bits per heavy atom. The Morgan fingerprint density at radius 1 is 1.52 bits per heavy atom. The maximum Gasteiger partial charge on any atom is 0.407 e. The highest BCUT2D eigenvalue weighted by Crippen LogP contribution is 2.14. The Morgan fingerprint density at radius 3 is 3.00 bits per heavy atom. The van der Waals surface area contributed by atoms with Crippen LogP contribution < -0.4 is 5.32 Å². The topological polar surface area (TPSA) is 54.5 Å². The zero-order valence-corrected chi connectivity index (χ0v) is 13.1. The Labute approximate surface area is 126 Å². The van der Waals surface area contributed by atoms with Gasteiger partial charge in [0.25, 0.3) is 0 Å². The second-order valence-corrected chi connectivity index (χ2v) is 6.58. The first kappa shape index (κ1) is 15.8. The smallest absolute Gasteiger partial charge is 0.407 e. The average molecular weight is 291 g/mol. The molecule has 21 heavy (non-hydrogen) atoms. The lowest BCUT2D eigenvalue weighted by molar-refractivity contribution is 0.0470. The van der Waals surface area contributed by atoms with E-state index in [1.54, 1.807) is 6.20 Å². The molecule has 0 aliphatic carbocycles. The molecule has 5 nitrogen and oxygen atoms in total. The summed E-state index contributed by atoms with van der Waals surface area (Å²) in [5, 5.41) is 2.97. The fourth-order valence-electron chi connectivity index (χ4n) is 2.54. The van der Waals surface area contributed by atoms with Crippen molar-refractivity contribution in [2.45, 2.75) is 51.8 Å². The molecular weight excluding hydrogens is 266 g/mol. The fourth-order valence-corrected chi connectivity index (χ4v) is 2.54. The van der Waals surface area contributed by atoms with E-state index in [1.807, 2.05) is 33.0 Å². The molecule has 2 rings (SSSR count). The number of alkyl carbamates (subject to hydrolysis) is 1. The Bertz CT molecular complexity index is 456. The summed E-state index contributed by atoms with van der Waals surface area (Å²) in [6, 6.07) is 4.19. The molecule has 0 spiro atoms. The van der Waals surface area contributed by atoms with E-state index in [-0.39, 0.29) is 12.1 Å². The lowest BCUT2D eigenvalue weighted by atomic mass is 10.1. The molecule has 0 bridgehead atoms. The lowest BCUT2D eigenvalue weighted by Gasteiger charge is -2.33. The number of amides is 1. The Kier molecular flexibility index (Phi) is 5.17. The van der Waals surface area contributed by atoms with Crippen molar-refractivity contribution in [1.82, 2.24) is 15.2 Å². The molecule has 1 aliphatic heterocycles. The van der Waals surface area contributed by atoms with Crippen molar-refractivity contribution < 1.29 is 9.53 Å². The van der Waals surface area contributed by atoms with E-state index < -0.39 is 5.60 Å². The number of carbonyl (C=O) groups excluding carboxylic acids is 1. The van der Waals surface area contributed by atoms with Gasteiger partial charge in [0.1, 0.15) is 5.60 Å². The minimum atomic E-state index is -0.450. The first-order valence-electron chi connectivity index (χ1n) is 7.53. The van der Waals surface area contributed by atoms with Crippen LogP contribution >= 0.6 is 0 Å². The highest BCUT2D eigenvalue weighted by Gasteiger charge is 2.24. The van der Waals surface area contributed by atoms with Gasteiger partial charge < -0.3 is 10.1 Å². The maximum atomic E-state index is 11.8. The first-order chi connectivity index (χ1) is 9.92. The second-order valence-electron chi connectivity index (χ2n) is 6.58. The Hall–Kier alpha value is -1.62. The molecule has 0 saturated carbocycles. The van der Waals surface area contributed by atoms with Gasteiger partial charge in [-0.05, 0) is 51.8 Å². The van der Waals surface area contributed by atoms with E-state index in [0.717, 1.165) is 32.5 Å². The predicted molar refractivity (Wildman–Crippen MR) is 81.9 cm³/mol. The third-order valence-corrected chi connectivity index (χ3v) is 3.36. The molecule has 2 heterocycles. The van der Waals surface area contributed by atoms with Gasteiger partial charge in [-0.2, -0.15) is 0 Å². The van der Waals surface area contributed by atoms with Crippen molar-refractivity contribution in [3.05, 3.63) is 30.1 Å². The zero-order chi connectivity index (χ0) is 15.3. The lowest BCUT2D eigenvalue weighted by Crippen LogP contribution is -2.48. The van der Waals surface area contributed by atoms with Gasteiger partial charge in [-0.3, -0.25) is 9.88 Å². The zero-order valence-electron chi connectivity index (χ0n) is 13.1. The van der Waals surface area contributed by atoms with E-state index >= 15 is 0 Å². The van der Waals surface area contributed by atoms with E-state index in [9.17, 15) is 4.79 Å². The van der Waals surface area contributed by atoms with Crippen molar-refractivity contribution in [2.75, 3.05) is 13.1 Å². The SMILES string of the molecule is CC(C)(C)OC(=O)NC1CCCN(Cc2cccnc2)C1. The van der Waals surface area contributed by atoms with Crippen LogP contribution in [-0.2, 0) is 11.3 Å². The number of nitrogens with zero attached hydrogens (tertiary/aromatic N) is 2. The highest BCUT2D eigenvalue weighted by molar-refractivity contribution is 5.68. The van der Waals surface area contributed by atoms with Crippen LogP contribution in [0, 0.1) is 0 Å². The summed E-state index contributed by atoms with van der Waals surface area (Å²) in [6.45, 7) is 8.42. The summed E-state index contributed by atoms with van der Waals surface area (Å²) in [5.41, 5.74) is 0.754. The number of carbonyl (C=O) groups is 1. The van der Waals surface area contributed by atoms with Crippen molar-refractivity contribution in [1.29, 1.82) is 0 Å². The third-order valence-electron chi connectivity index (χ3n) is 3.36.